The van der Waals surface area contributed by atoms with Gasteiger partial charge in [-0.1, -0.05) is 12.1 Å². The maximum atomic E-state index is 10.0. The van der Waals surface area contributed by atoms with E-state index in [0.29, 0.717) is 0 Å². The molecule has 12 nitrogen and oxygen atoms in total. The molecule has 12 heteroatoms. The summed E-state index contributed by atoms with van der Waals surface area (Å²) < 4.78 is 33.9. The standard InChI is InChI=1S/C32H8N12/c1-37-23-8-18(6-19(11-33)22(23)14-36)31(39-3)30-16-42-25-9-26-24(10-27(25)44-30)41-15-29(43-26)21(13-35)17-5-20(12-34)32(40-4)28(7-17)38-2/h5-10,15-16H/b29-21+,31-30-/i5D,6D,7D,8D. The third-order valence-electron chi connectivity index (χ3n) is 6.02. The zero-order valence-corrected chi connectivity index (χ0v) is 21.7. The number of benzene rings is 3. The maximum Gasteiger partial charge on any atom is 0.219 e. The van der Waals surface area contributed by atoms with Crippen LogP contribution in [-0.4, -0.2) is 19.9 Å². The molecule has 0 unspecified atom stereocenters. The average molecular weight is 565 g/mol. The molecule has 0 atom stereocenters. The first-order valence-corrected chi connectivity index (χ1v) is 11.8. The lowest BCUT2D eigenvalue weighted by Crippen LogP contribution is -2.14. The number of nitriles is 4. The lowest BCUT2D eigenvalue weighted by Gasteiger charge is -2.06. The zero-order valence-electron chi connectivity index (χ0n) is 25.7. The largest absolute Gasteiger partial charge is 0.257 e. The second-order valence-corrected chi connectivity index (χ2v) is 8.38. The van der Waals surface area contributed by atoms with E-state index in [9.17, 15) is 21.0 Å². The predicted octanol–water partition coefficient (Wildman–Crippen LogP) is 4.64. The summed E-state index contributed by atoms with van der Waals surface area (Å²) in [4.78, 5) is 30.5. The normalized spacial score (nSPS) is 12.5. The first kappa shape index (κ1) is 22.8. The van der Waals surface area contributed by atoms with Crippen LogP contribution in [0.5, 0.6) is 0 Å². The van der Waals surface area contributed by atoms with E-state index in [4.69, 9.17) is 31.8 Å². The van der Waals surface area contributed by atoms with Crippen LogP contribution in [0.1, 0.15) is 33.3 Å². The van der Waals surface area contributed by atoms with Crippen LogP contribution < -0.4 is 10.7 Å². The van der Waals surface area contributed by atoms with Gasteiger partial charge in [-0.25, -0.2) is 19.5 Å². The number of hydrogen-bond donors (Lipinski definition) is 0. The molecule has 0 aliphatic carbocycles. The molecule has 0 aliphatic heterocycles. The van der Waals surface area contributed by atoms with Crippen molar-refractivity contribution in [3.05, 3.63) is 133 Å². The van der Waals surface area contributed by atoms with Gasteiger partial charge in [0.2, 0.25) is 17.1 Å². The average Bonchev–Trinajstić information content (AvgIpc) is 3.09. The Morgan fingerprint density at radius 1 is 0.682 bits per heavy atom. The van der Waals surface area contributed by atoms with E-state index < -0.39 is 57.9 Å². The molecule has 5 aromatic rings. The van der Waals surface area contributed by atoms with Crippen molar-refractivity contribution in [2.45, 2.75) is 0 Å². The van der Waals surface area contributed by atoms with Gasteiger partial charge in [-0.15, -0.1) is 0 Å². The molecule has 0 saturated carbocycles. The molecular weight excluding hydrogens is 552 g/mol. The highest BCUT2D eigenvalue weighted by atomic mass is 14.8. The molecule has 0 spiro atoms. The molecule has 5 rings (SSSR count). The van der Waals surface area contributed by atoms with Gasteiger partial charge in [-0.2, -0.15) is 21.0 Å². The number of nitrogens with zero attached hydrogens (tertiary/aromatic N) is 12. The van der Waals surface area contributed by atoms with E-state index in [1.807, 2.05) is 6.07 Å². The Morgan fingerprint density at radius 2 is 1.27 bits per heavy atom. The summed E-state index contributed by atoms with van der Waals surface area (Å²) >= 11 is 0. The Morgan fingerprint density at radius 3 is 1.82 bits per heavy atom. The van der Waals surface area contributed by atoms with Crippen molar-refractivity contribution >= 4 is 50.4 Å². The van der Waals surface area contributed by atoms with E-state index in [2.05, 4.69) is 39.3 Å². The van der Waals surface area contributed by atoms with E-state index in [1.54, 1.807) is 18.2 Å². The Labute approximate surface area is 254 Å². The van der Waals surface area contributed by atoms with Crippen molar-refractivity contribution in [1.29, 1.82) is 21.0 Å². The number of fused-ring (bicyclic) bond motifs is 2. The number of rotatable bonds is 2. The summed E-state index contributed by atoms with van der Waals surface area (Å²) in [5, 5.41) is 38.5. The minimum absolute atomic E-state index is 0.0919. The van der Waals surface area contributed by atoms with Crippen LogP contribution in [0.3, 0.4) is 0 Å². The molecule has 0 fully saturated rings. The van der Waals surface area contributed by atoms with Gasteiger partial charge in [-0.05, 0) is 35.3 Å². The molecule has 0 N–H and O–H groups in total. The summed E-state index contributed by atoms with van der Waals surface area (Å²) in [6.45, 7) is 29.9. The fourth-order valence-corrected chi connectivity index (χ4v) is 4.06. The molecule has 0 amide bonds. The molecule has 0 aliphatic rings. The molecular formula is C32H8N12. The Kier molecular flexibility index (Phi) is 5.82. The molecule has 3 aromatic carbocycles. The van der Waals surface area contributed by atoms with Gasteiger partial charge in [0.25, 0.3) is 0 Å². The summed E-state index contributed by atoms with van der Waals surface area (Å²) in [7, 11) is 0. The number of hydrogen-bond acceptors (Lipinski definition) is 8. The van der Waals surface area contributed by atoms with Gasteiger partial charge in [0.1, 0.15) is 11.4 Å². The van der Waals surface area contributed by atoms with Crippen molar-refractivity contribution < 1.29 is 5.48 Å². The summed E-state index contributed by atoms with van der Waals surface area (Å²) in [5.41, 5.74) is -3.29. The highest BCUT2D eigenvalue weighted by molar-refractivity contribution is 5.91. The quantitative estimate of drug-likeness (QED) is 0.221. The minimum atomic E-state index is -0.583. The Balaban J connectivity index is 1.79. The Bertz CT molecular complexity index is 2550. The molecule has 196 valence electrons. The minimum Gasteiger partial charge on any atom is -0.257 e. The van der Waals surface area contributed by atoms with Crippen LogP contribution in [0.25, 0.3) is 52.7 Å². The monoisotopic (exact) mass is 564 g/mol. The second kappa shape index (κ2) is 11.2. The van der Waals surface area contributed by atoms with Crippen molar-refractivity contribution in [2.24, 2.45) is 0 Å². The molecule has 2 aromatic heterocycles. The molecule has 0 radical (unpaired) electrons. The summed E-state index contributed by atoms with van der Waals surface area (Å²) in [5.74, 6) is 0. The van der Waals surface area contributed by atoms with Gasteiger partial charge < -0.3 is 0 Å². The van der Waals surface area contributed by atoms with Crippen molar-refractivity contribution in [2.75, 3.05) is 0 Å². The maximum absolute atomic E-state index is 10.0. The third-order valence-corrected chi connectivity index (χ3v) is 6.02. The molecule has 0 saturated heterocycles. The van der Waals surface area contributed by atoms with Gasteiger partial charge >= 0.3 is 0 Å². The fourth-order valence-electron chi connectivity index (χ4n) is 4.06. The molecule has 0 bridgehead atoms. The first-order chi connectivity index (χ1) is 23.1. The summed E-state index contributed by atoms with van der Waals surface area (Å²) in [6, 6.07) is 7.55. The van der Waals surface area contributed by atoms with Crippen LogP contribution in [0.15, 0.2) is 48.7 Å². The van der Waals surface area contributed by atoms with E-state index in [-0.39, 0.29) is 55.2 Å². The van der Waals surface area contributed by atoms with E-state index in [0.717, 1.165) is 0 Å². The van der Waals surface area contributed by atoms with Crippen molar-refractivity contribution in [3.8, 4) is 24.3 Å². The van der Waals surface area contributed by atoms with Crippen LogP contribution in [0.2, 0.25) is 0 Å². The Hall–Kier alpha value is -8.00. The topological polar surface area (TPSA) is 164 Å². The smallest absolute Gasteiger partial charge is 0.219 e. The molecule has 44 heavy (non-hydrogen) atoms. The fraction of sp³-hybridized carbons (Fsp3) is 0. The van der Waals surface area contributed by atoms with Crippen LogP contribution in [0.4, 0.5) is 17.1 Å². The highest BCUT2D eigenvalue weighted by Gasteiger charge is 2.16. The van der Waals surface area contributed by atoms with Gasteiger partial charge in [0.05, 0.1) is 97.6 Å². The van der Waals surface area contributed by atoms with Crippen molar-refractivity contribution in [1.82, 2.24) is 19.9 Å². The highest BCUT2D eigenvalue weighted by Crippen LogP contribution is 2.35. The predicted molar refractivity (Wildman–Crippen MR) is 155 cm³/mol. The van der Waals surface area contributed by atoms with Crippen LogP contribution in [0, 0.1) is 71.6 Å². The van der Waals surface area contributed by atoms with Gasteiger partial charge in [0, 0.05) is 14.5 Å². The molecule has 2 heterocycles. The van der Waals surface area contributed by atoms with Crippen LogP contribution >= 0.6 is 0 Å². The van der Waals surface area contributed by atoms with E-state index in [1.165, 1.54) is 24.5 Å². The zero-order chi connectivity index (χ0) is 34.9. The lowest BCUT2D eigenvalue weighted by atomic mass is 10.0. The van der Waals surface area contributed by atoms with Gasteiger partial charge in [-0.3, -0.25) is 19.8 Å². The summed E-state index contributed by atoms with van der Waals surface area (Å²) in [6.07, 6.45) is 2.36. The third kappa shape index (κ3) is 4.57. The van der Waals surface area contributed by atoms with Gasteiger partial charge in [0.15, 0.2) is 5.69 Å². The SMILES string of the molecule is [2H]c1c(C#N)c(C#N)c([N+]#[C-])c([2H])c1/C([N+]#[C-])=c1\cnc2cc3n/c(=C(\C#N)c4c([2H])c(C#N)c([N+]#[C-])c([N+]#[C-])c4[2H])cnc3cc2n1. The second-order valence-electron chi connectivity index (χ2n) is 8.38. The first-order valence-electron chi connectivity index (χ1n) is 13.8. The number of aromatic nitrogens is 4. The van der Waals surface area contributed by atoms with Crippen LogP contribution in [-0.2, 0) is 0 Å². The lowest BCUT2D eigenvalue weighted by molar-refractivity contribution is 1.20. The van der Waals surface area contributed by atoms with E-state index >= 15 is 0 Å². The van der Waals surface area contributed by atoms with Crippen molar-refractivity contribution in [3.63, 3.8) is 0 Å².